The van der Waals surface area contributed by atoms with E-state index in [-0.39, 0.29) is 11.8 Å². The van der Waals surface area contributed by atoms with Crippen LogP contribution in [0, 0.1) is 0 Å². The van der Waals surface area contributed by atoms with Gasteiger partial charge in [0.05, 0.1) is 24.3 Å². The molecule has 0 N–H and O–H groups in total. The Hall–Kier alpha value is -2.93. The Balaban J connectivity index is 1.40. The number of pyridine rings is 1. The Morgan fingerprint density at radius 3 is 1.96 bits per heavy atom. The van der Waals surface area contributed by atoms with Gasteiger partial charge in [-0.3, -0.25) is 14.6 Å². The third-order valence-electron chi connectivity index (χ3n) is 5.22. The largest absolute Gasteiger partial charge is 0.378 e. The zero-order chi connectivity index (χ0) is 19.3. The number of aromatic nitrogens is 1. The fourth-order valence-corrected chi connectivity index (χ4v) is 3.61. The zero-order valence-electron chi connectivity index (χ0n) is 15.8. The molecular weight excluding hydrogens is 356 g/mol. The molecular formula is C21H24N4O3. The number of carbonyl (C=O) groups excluding carboxylic acids is 2. The van der Waals surface area contributed by atoms with Gasteiger partial charge in [0, 0.05) is 57.3 Å². The topological polar surface area (TPSA) is 66.0 Å². The van der Waals surface area contributed by atoms with Gasteiger partial charge >= 0.3 is 0 Å². The van der Waals surface area contributed by atoms with E-state index in [1.807, 2.05) is 23.1 Å². The standard InChI is InChI=1S/C21H24N4O3/c26-20(24-8-6-23(7-9-24)19-4-2-1-3-5-19)17-14-18(16-22-15-17)21(27)25-10-12-28-13-11-25/h1-5,14-16H,6-13H2. The third kappa shape index (κ3) is 3.99. The van der Waals surface area contributed by atoms with Crippen LogP contribution in [0.4, 0.5) is 5.69 Å². The normalized spacial score (nSPS) is 17.5. The smallest absolute Gasteiger partial charge is 0.255 e. The number of carbonyl (C=O) groups is 2. The first-order valence-corrected chi connectivity index (χ1v) is 9.64. The summed E-state index contributed by atoms with van der Waals surface area (Å²) in [6, 6.07) is 11.9. The van der Waals surface area contributed by atoms with Gasteiger partial charge in [-0.25, -0.2) is 0 Å². The van der Waals surface area contributed by atoms with Gasteiger partial charge in [-0.15, -0.1) is 0 Å². The van der Waals surface area contributed by atoms with Crippen LogP contribution in [0.1, 0.15) is 20.7 Å². The molecule has 7 heteroatoms. The van der Waals surface area contributed by atoms with Crippen molar-refractivity contribution in [3.63, 3.8) is 0 Å². The number of hydrogen-bond donors (Lipinski definition) is 0. The van der Waals surface area contributed by atoms with E-state index in [0.29, 0.717) is 50.5 Å². The number of morpholine rings is 1. The first-order valence-electron chi connectivity index (χ1n) is 9.64. The molecule has 28 heavy (non-hydrogen) atoms. The molecule has 0 spiro atoms. The second kappa shape index (κ2) is 8.39. The number of amides is 2. The molecule has 1 aromatic heterocycles. The van der Waals surface area contributed by atoms with E-state index in [0.717, 1.165) is 13.1 Å². The van der Waals surface area contributed by atoms with Crippen LogP contribution < -0.4 is 4.90 Å². The SMILES string of the molecule is O=C(c1cncc(C(=O)N2CCN(c3ccccc3)CC2)c1)N1CCOCC1. The second-order valence-corrected chi connectivity index (χ2v) is 6.98. The molecule has 0 atom stereocenters. The average molecular weight is 380 g/mol. The summed E-state index contributed by atoms with van der Waals surface area (Å²) in [5, 5.41) is 0. The summed E-state index contributed by atoms with van der Waals surface area (Å²) in [4.78, 5) is 35.6. The number of piperazine rings is 1. The molecule has 0 aliphatic carbocycles. The van der Waals surface area contributed by atoms with Crippen molar-refractivity contribution in [1.82, 2.24) is 14.8 Å². The van der Waals surface area contributed by atoms with Gasteiger partial charge < -0.3 is 19.4 Å². The van der Waals surface area contributed by atoms with E-state index >= 15 is 0 Å². The highest BCUT2D eigenvalue weighted by Crippen LogP contribution is 2.17. The third-order valence-corrected chi connectivity index (χ3v) is 5.22. The molecule has 0 radical (unpaired) electrons. The Labute approximate surface area is 164 Å². The lowest BCUT2D eigenvalue weighted by Crippen LogP contribution is -2.48. The second-order valence-electron chi connectivity index (χ2n) is 6.98. The minimum atomic E-state index is -0.0978. The minimum Gasteiger partial charge on any atom is -0.378 e. The molecule has 146 valence electrons. The highest BCUT2D eigenvalue weighted by atomic mass is 16.5. The molecule has 3 heterocycles. The molecule has 2 amide bonds. The molecule has 0 saturated carbocycles. The van der Waals surface area contributed by atoms with Crippen LogP contribution in [-0.4, -0.2) is 79.1 Å². The number of anilines is 1. The van der Waals surface area contributed by atoms with E-state index in [4.69, 9.17) is 4.74 Å². The first-order chi connectivity index (χ1) is 13.7. The number of rotatable bonds is 3. The molecule has 2 saturated heterocycles. The summed E-state index contributed by atoms with van der Waals surface area (Å²) in [5.74, 6) is -0.170. The fourth-order valence-electron chi connectivity index (χ4n) is 3.61. The molecule has 0 unspecified atom stereocenters. The minimum absolute atomic E-state index is 0.0724. The van der Waals surface area contributed by atoms with Crippen molar-refractivity contribution in [3.05, 3.63) is 59.9 Å². The Morgan fingerprint density at radius 1 is 0.786 bits per heavy atom. The van der Waals surface area contributed by atoms with Crippen LogP contribution in [0.2, 0.25) is 0 Å². The Morgan fingerprint density at radius 2 is 1.36 bits per heavy atom. The molecule has 1 aromatic carbocycles. The van der Waals surface area contributed by atoms with Crippen molar-refractivity contribution in [2.75, 3.05) is 57.4 Å². The zero-order valence-corrected chi connectivity index (χ0v) is 15.8. The quantitative estimate of drug-likeness (QED) is 0.808. The lowest BCUT2D eigenvalue weighted by atomic mass is 10.1. The monoisotopic (exact) mass is 380 g/mol. The van der Waals surface area contributed by atoms with Gasteiger partial charge in [0.1, 0.15) is 0 Å². The van der Waals surface area contributed by atoms with Crippen LogP contribution in [0.3, 0.4) is 0 Å². The van der Waals surface area contributed by atoms with Gasteiger partial charge in [-0.05, 0) is 18.2 Å². The number of benzene rings is 1. The van der Waals surface area contributed by atoms with Gasteiger partial charge in [0.25, 0.3) is 11.8 Å². The molecule has 2 aliphatic rings. The van der Waals surface area contributed by atoms with Crippen LogP contribution in [-0.2, 0) is 4.74 Å². The molecule has 0 bridgehead atoms. The van der Waals surface area contributed by atoms with E-state index in [2.05, 4.69) is 22.0 Å². The number of nitrogens with zero attached hydrogens (tertiary/aromatic N) is 4. The van der Waals surface area contributed by atoms with Crippen molar-refractivity contribution in [1.29, 1.82) is 0 Å². The summed E-state index contributed by atoms with van der Waals surface area (Å²) < 4.78 is 5.29. The predicted molar refractivity (Wildman–Crippen MR) is 106 cm³/mol. The first kappa shape index (κ1) is 18.4. The maximum Gasteiger partial charge on any atom is 0.255 e. The molecule has 4 rings (SSSR count). The average Bonchev–Trinajstić information content (AvgIpc) is 2.79. The van der Waals surface area contributed by atoms with Crippen molar-refractivity contribution in [2.45, 2.75) is 0 Å². The summed E-state index contributed by atoms with van der Waals surface area (Å²) in [7, 11) is 0. The van der Waals surface area contributed by atoms with Crippen molar-refractivity contribution < 1.29 is 14.3 Å². The van der Waals surface area contributed by atoms with Gasteiger partial charge in [0.2, 0.25) is 0 Å². The van der Waals surface area contributed by atoms with Crippen molar-refractivity contribution >= 4 is 17.5 Å². The van der Waals surface area contributed by atoms with Crippen LogP contribution in [0.5, 0.6) is 0 Å². The summed E-state index contributed by atoms with van der Waals surface area (Å²) in [6.45, 7) is 5.10. The fraction of sp³-hybridized carbons (Fsp3) is 0.381. The summed E-state index contributed by atoms with van der Waals surface area (Å²) in [5.41, 5.74) is 2.09. The Bertz CT molecular complexity index is 829. The number of hydrogen-bond acceptors (Lipinski definition) is 5. The molecule has 7 nitrogen and oxygen atoms in total. The van der Waals surface area contributed by atoms with E-state index in [1.54, 1.807) is 17.2 Å². The maximum atomic E-state index is 12.9. The number of para-hydroxylation sites is 1. The van der Waals surface area contributed by atoms with Gasteiger partial charge in [0.15, 0.2) is 0 Å². The predicted octanol–water partition coefficient (Wildman–Crippen LogP) is 1.52. The number of ether oxygens (including phenoxy) is 1. The van der Waals surface area contributed by atoms with Gasteiger partial charge in [-0.1, -0.05) is 18.2 Å². The van der Waals surface area contributed by atoms with Crippen LogP contribution >= 0.6 is 0 Å². The van der Waals surface area contributed by atoms with Crippen LogP contribution in [0.15, 0.2) is 48.8 Å². The van der Waals surface area contributed by atoms with Crippen LogP contribution in [0.25, 0.3) is 0 Å². The highest BCUT2D eigenvalue weighted by molar-refractivity contribution is 5.99. The van der Waals surface area contributed by atoms with Gasteiger partial charge in [-0.2, -0.15) is 0 Å². The van der Waals surface area contributed by atoms with Crippen molar-refractivity contribution in [3.8, 4) is 0 Å². The van der Waals surface area contributed by atoms with E-state index in [9.17, 15) is 9.59 Å². The maximum absolute atomic E-state index is 12.9. The van der Waals surface area contributed by atoms with Crippen molar-refractivity contribution in [2.24, 2.45) is 0 Å². The molecule has 2 aliphatic heterocycles. The lowest BCUT2D eigenvalue weighted by Gasteiger charge is -2.36. The summed E-state index contributed by atoms with van der Waals surface area (Å²) >= 11 is 0. The molecule has 2 aromatic rings. The lowest BCUT2D eigenvalue weighted by molar-refractivity contribution is 0.0302. The van der Waals surface area contributed by atoms with E-state index in [1.165, 1.54) is 11.9 Å². The Kier molecular flexibility index (Phi) is 5.53. The summed E-state index contributed by atoms with van der Waals surface area (Å²) in [6.07, 6.45) is 3.07. The highest BCUT2D eigenvalue weighted by Gasteiger charge is 2.24. The van der Waals surface area contributed by atoms with E-state index < -0.39 is 0 Å². The molecule has 2 fully saturated rings.